The Morgan fingerprint density at radius 3 is 2.72 bits per heavy atom. The molecule has 0 unspecified atom stereocenters. The van der Waals surface area contributed by atoms with Crippen LogP contribution >= 0.6 is 0 Å². The van der Waals surface area contributed by atoms with E-state index in [0.29, 0.717) is 0 Å². The quantitative estimate of drug-likeness (QED) is 0.840. The number of carbonyl (C=O) groups is 1. The molecule has 3 rings (SSSR count). The Kier molecular flexibility index (Phi) is 3.33. The SMILES string of the molecule is O=C(Nc1ccc2c(c1)CNC2)C1CCCCC1. The molecule has 0 atom stereocenters. The van der Waals surface area contributed by atoms with Crippen molar-refractivity contribution in [3.63, 3.8) is 0 Å². The number of benzene rings is 1. The molecular weight excluding hydrogens is 224 g/mol. The summed E-state index contributed by atoms with van der Waals surface area (Å²) < 4.78 is 0. The number of rotatable bonds is 2. The van der Waals surface area contributed by atoms with Gasteiger partial charge in [0.05, 0.1) is 0 Å². The van der Waals surface area contributed by atoms with Gasteiger partial charge in [0.25, 0.3) is 0 Å². The average Bonchev–Trinajstić information content (AvgIpc) is 2.87. The average molecular weight is 244 g/mol. The highest BCUT2D eigenvalue weighted by atomic mass is 16.1. The third-order valence-corrected chi connectivity index (χ3v) is 4.08. The number of carbonyl (C=O) groups excluding carboxylic acids is 1. The van der Waals surface area contributed by atoms with Crippen molar-refractivity contribution in [3.8, 4) is 0 Å². The second-order valence-electron chi connectivity index (χ2n) is 5.41. The monoisotopic (exact) mass is 244 g/mol. The highest BCUT2D eigenvalue weighted by molar-refractivity contribution is 5.92. The zero-order valence-corrected chi connectivity index (χ0v) is 10.7. The van der Waals surface area contributed by atoms with Crippen LogP contribution in [0.15, 0.2) is 18.2 Å². The molecule has 1 aromatic rings. The lowest BCUT2D eigenvalue weighted by Gasteiger charge is -2.20. The third kappa shape index (κ3) is 2.41. The maximum atomic E-state index is 12.1. The lowest BCUT2D eigenvalue weighted by molar-refractivity contribution is -0.120. The number of anilines is 1. The summed E-state index contributed by atoms with van der Waals surface area (Å²) in [6.45, 7) is 1.87. The van der Waals surface area contributed by atoms with E-state index in [1.807, 2.05) is 6.07 Å². The Balaban J connectivity index is 1.66. The molecule has 1 saturated carbocycles. The van der Waals surface area contributed by atoms with Crippen LogP contribution in [0.2, 0.25) is 0 Å². The molecular formula is C15H20N2O. The van der Waals surface area contributed by atoms with E-state index in [2.05, 4.69) is 22.8 Å². The molecule has 96 valence electrons. The van der Waals surface area contributed by atoms with Crippen LogP contribution in [0.5, 0.6) is 0 Å². The van der Waals surface area contributed by atoms with Crippen LogP contribution in [0.25, 0.3) is 0 Å². The van der Waals surface area contributed by atoms with Crippen LogP contribution in [0.3, 0.4) is 0 Å². The summed E-state index contributed by atoms with van der Waals surface area (Å²) in [5, 5.41) is 6.39. The number of hydrogen-bond acceptors (Lipinski definition) is 2. The number of nitrogens with one attached hydrogen (secondary N) is 2. The Bertz CT molecular complexity index is 450. The fourth-order valence-corrected chi connectivity index (χ4v) is 2.98. The first kappa shape index (κ1) is 11.7. The number of fused-ring (bicyclic) bond motifs is 1. The van der Waals surface area contributed by atoms with E-state index in [4.69, 9.17) is 0 Å². The molecule has 2 N–H and O–H groups in total. The Morgan fingerprint density at radius 2 is 1.89 bits per heavy atom. The van der Waals surface area contributed by atoms with Gasteiger partial charge in [-0.1, -0.05) is 25.3 Å². The summed E-state index contributed by atoms with van der Waals surface area (Å²) in [7, 11) is 0. The second kappa shape index (κ2) is 5.11. The second-order valence-corrected chi connectivity index (χ2v) is 5.41. The Hall–Kier alpha value is -1.35. The molecule has 1 heterocycles. The van der Waals surface area contributed by atoms with Crippen LogP contribution in [-0.2, 0) is 17.9 Å². The van der Waals surface area contributed by atoms with E-state index in [1.165, 1.54) is 30.4 Å². The number of hydrogen-bond donors (Lipinski definition) is 2. The molecule has 0 radical (unpaired) electrons. The molecule has 1 aromatic carbocycles. The lowest BCUT2D eigenvalue weighted by Crippen LogP contribution is -2.24. The van der Waals surface area contributed by atoms with Crippen molar-refractivity contribution in [1.29, 1.82) is 0 Å². The van der Waals surface area contributed by atoms with Gasteiger partial charge >= 0.3 is 0 Å². The molecule has 18 heavy (non-hydrogen) atoms. The van der Waals surface area contributed by atoms with Gasteiger partial charge in [-0.3, -0.25) is 4.79 Å². The minimum atomic E-state index is 0.209. The van der Waals surface area contributed by atoms with Crippen molar-refractivity contribution in [1.82, 2.24) is 5.32 Å². The fraction of sp³-hybridized carbons (Fsp3) is 0.533. The van der Waals surface area contributed by atoms with E-state index >= 15 is 0 Å². The standard InChI is InChI=1S/C15H20N2O/c18-15(11-4-2-1-3-5-11)17-14-7-6-12-9-16-10-13(12)8-14/h6-8,11,16H,1-5,9-10H2,(H,17,18). The van der Waals surface area contributed by atoms with Crippen molar-refractivity contribution in [2.45, 2.75) is 45.2 Å². The third-order valence-electron chi connectivity index (χ3n) is 4.08. The summed E-state index contributed by atoms with van der Waals surface area (Å²) in [5.41, 5.74) is 3.62. The van der Waals surface area contributed by atoms with Gasteiger partial charge in [0.1, 0.15) is 0 Å². The summed E-state index contributed by atoms with van der Waals surface area (Å²) in [4.78, 5) is 12.1. The molecule has 1 aliphatic carbocycles. The maximum absolute atomic E-state index is 12.1. The van der Waals surface area contributed by atoms with Crippen LogP contribution in [0, 0.1) is 5.92 Å². The molecule has 3 nitrogen and oxygen atoms in total. The molecule has 0 bridgehead atoms. The van der Waals surface area contributed by atoms with E-state index in [-0.39, 0.29) is 11.8 Å². The van der Waals surface area contributed by atoms with E-state index < -0.39 is 0 Å². The highest BCUT2D eigenvalue weighted by Gasteiger charge is 2.21. The first-order valence-corrected chi connectivity index (χ1v) is 6.96. The first-order valence-electron chi connectivity index (χ1n) is 6.96. The highest BCUT2D eigenvalue weighted by Crippen LogP contribution is 2.26. The molecule has 1 aliphatic heterocycles. The molecule has 0 saturated heterocycles. The van der Waals surface area contributed by atoms with E-state index in [1.54, 1.807) is 0 Å². The van der Waals surface area contributed by atoms with E-state index in [9.17, 15) is 4.79 Å². The maximum Gasteiger partial charge on any atom is 0.227 e. The van der Waals surface area contributed by atoms with Crippen LogP contribution in [0.4, 0.5) is 5.69 Å². The minimum absolute atomic E-state index is 0.209. The summed E-state index contributed by atoms with van der Waals surface area (Å²) >= 11 is 0. The van der Waals surface area contributed by atoms with Crippen LogP contribution in [-0.4, -0.2) is 5.91 Å². The smallest absolute Gasteiger partial charge is 0.227 e. The Morgan fingerprint density at radius 1 is 1.11 bits per heavy atom. The van der Waals surface area contributed by atoms with E-state index in [0.717, 1.165) is 31.6 Å². The zero-order chi connectivity index (χ0) is 12.4. The van der Waals surface area contributed by atoms with Crippen molar-refractivity contribution in [3.05, 3.63) is 29.3 Å². The van der Waals surface area contributed by atoms with Gasteiger partial charge < -0.3 is 10.6 Å². The fourth-order valence-electron chi connectivity index (χ4n) is 2.98. The van der Waals surface area contributed by atoms with Crippen LogP contribution in [0.1, 0.15) is 43.2 Å². The molecule has 2 aliphatic rings. The molecule has 0 aromatic heterocycles. The zero-order valence-electron chi connectivity index (χ0n) is 10.7. The largest absolute Gasteiger partial charge is 0.326 e. The lowest BCUT2D eigenvalue weighted by atomic mass is 9.88. The Labute approximate surface area is 108 Å². The van der Waals surface area contributed by atoms with Crippen molar-refractivity contribution >= 4 is 11.6 Å². The molecule has 3 heteroatoms. The van der Waals surface area contributed by atoms with Crippen molar-refractivity contribution < 1.29 is 4.79 Å². The minimum Gasteiger partial charge on any atom is -0.326 e. The molecule has 1 fully saturated rings. The van der Waals surface area contributed by atoms with Crippen molar-refractivity contribution in [2.24, 2.45) is 5.92 Å². The van der Waals surface area contributed by atoms with Gasteiger partial charge in [-0.2, -0.15) is 0 Å². The van der Waals surface area contributed by atoms with Gasteiger partial charge in [0.15, 0.2) is 0 Å². The summed E-state index contributed by atoms with van der Waals surface area (Å²) in [5.74, 6) is 0.436. The first-order chi connectivity index (χ1) is 8.83. The summed E-state index contributed by atoms with van der Waals surface area (Å²) in [6.07, 6.45) is 5.79. The topological polar surface area (TPSA) is 41.1 Å². The van der Waals surface area contributed by atoms with Gasteiger partial charge in [0, 0.05) is 24.7 Å². The predicted octanol–water partition coefficient (Wildman–Crippen LogP) is 2.81. The normalized spacial score (nSPS) is 19.6. The molecule has 1 amide bonds. The van der Waals surface area contributed by atoms with Gasteiger partial charge in [-0.25, -0.2) is 0 Å². The van der Waals surface area contributed by atoms with Crippen LogP contribution < -0.4 is 10.6 Å². The van der Waals surface area contributed by atoms with Gasteiger partial charge in [-0.05, 0) is 36.1 Å². The van der Waals surface area contributed by atoms with Gasteiger partial charge in [-0.15, -0.1) is 0 Å². The molecule has 0 spiro atoms. The summed E-state index contributed by atoms with van der Waals surface area (Å²) in [6, 6.07) is 6.24. The van der Waals surface area contributed by atoms with Crippen molar-refractivity contribution in [2.75, 3.05) is 5.32 Å². The number of amides is 1. The predicted molar refractivity (Wildman–Crippen MR) is 72.2 cm³/mol. The van der Waals surface area contributed by atoms with Gasteiger partial charge in [0.2, 0.25) is 5.91 Å².